The van der Waals surface area contributed by atoms with E-state index in [0.717, 1.165) is 17.7 Å². The summed E-state index contributed by atoms with van der Waals surface area (Å²) in [6.45, 7) is 5.88. The van der Waals surface area contributed by atoms with Crippen molar-refractivity contribution in [2.45, 2.75) is 39.4 Å². The largest absolute Gasteiger partial charge is 0.494 e. The molecule has 0 amide bonds. The van der Waals surface area contributed by atoms with E-state index >= 15 is 0 Å². The van der Waals surface area contributed by atoms with Gasteiger partial charge in [0.2, 0.25) is 0 Å². The Balaban J connectivity index is 2.04. The first kappa shape index (κ1) is 15.4. The second-order valence-corrected chi connectivity index (χ2v) is 5.04. The minimum absolute atomic E-state index is 0.0177. The number of nitrogens with two attached hydrogens (primary N) is 1. The third-order valence-electron chi connectivity index (χ3n) is 3.43. The van der Waals surface area contributed by atoms with Crippen molar-refractivity contribution in [1.29, 1.82) is 0 Å². The van der Waals surface area contributed by atoms with E-state index < -0.39 is 0 Å². The molecule has 0 saturated heterocycles. The van der Waals surface area contributed by atoms with Gasteiger partial charge < -0.3 is 10.5 Å². The molecule has 5 nitrogen and oxygen atoms in total. The first-order chi connectivity index (χ1) is 10.2. The standard InChI is InChI=1S/C16H23N3O2/c1-3-11-21-14-7-5-13(6-8-14)15(17)12-19-10-9-18(4-2)16(19)20/h5-10,15H,3-4,11-12,17H2,1-2H3. The number of imidazole rings is 1. The van der Waals surface area contributed by atoms with Gasteiger partial charge in [0.1, 0.15) is 5.75 Å². The van der Waals surface area contributed by atoms with E-state index in [1.165, 1.54) is 0 Å². The quantitative estimate of drug-likeness (QED) is 0.849. The SMILES string of the molecule is CCCOc1ccc(C(N)Cn2ccn(CC)c2=O)cc1. The van der Waals surface area contributed by atoms with Crippen LogP contribution < -0.4 is 16.2 Å². The fourth-order valence-electron chi connectivity index (χ4n) is 2.18. The van der Waals surface area contributed by atoms with E-state index in [9.17, 15) is 4.79 Å². The van der Waals surface area contributed by atoms with Crippen molar-refractivity contribution < 1.29 is 4.74 Å². The van der Waals surface area contributed by atoms with Crippen molar-refractivity contribution in [3.8, 4) is 5.75 Å². The minimum Gasteiger partial charge on any atom is -0.494 e. The van der Waals surface area contributed by atoms with Crippen LogP contribution >= 0.6 is 0 Å². The van der Waals surface area contributed by atoms with Gasteiger partial charge in [0.25, 0.3) is 0 Å². The zero-order chi connectivity index (χ0) is 15.2. The third-order valence-corrected chi connectivity index (χ3v) is 3.43. The highest BCUT2D eigenvalue weighted by molar-refractivity contribution is 5.29. The first-order valence-corrected chi connectivity index (χ1v) is 7.39. The lowest BCUT2D eigenvalue weighted by Crippen LogP contribution is -2.28. The fourth-order valence-corrected chi connectivity index (χ4v) is 2.18. The van der Waals surface area contributed by atoms with Gasteiger partial charge in [-0.2, -0.15) is 0 Å². The van der Waals surface area contributed by atoms with Crippen LogP contribution in [-0.4, -0.2) is 15.7 Å². The van der Waals surface area contributed by atoms with E-state index in [1.807, 2.05) is 31.2 Å². The van der Waals surface area contributed by atoms with Gasteiger partial charge in [-0.05, 0) is 31.0 Å². The first-order valence-electron chi connectivity index (χ1n) is 7.39. The Labute approximate surface area is 125 Å². The van der Waals surface area contributed by atoms with Crippen molar-refractivity contribution >= 4 is 0 Å². The van der Waals surface area contributed by atoms with E-state index in [2.05, 4.69) is 6.92 Å². The molecule has 0 spiro atoms. The molecule has 1 heterocycles. The normalized spacial score (nSPS) is 12.3. The smallest absolute Gasteiger partial charge is 0.328 e. The molecule has 0 aliphatic rings. The Morgan fingerprint density at radius 2 is 1.81 bits per heavy atom. The summed E-state index contributed by atoms with van der Waals surface area (Å²) in [6.07, 6.45) is 4.56. The molecule has 0 aliphatic carbocycles. The van der Waals surface area contributed by atoms with Crippen LogP contribution in [0, 0.1) is 0 Å². The lowest BCUT2D eigenvalue weighted by molar-refractivity contribution is 0.317. The Morgan fingerprint density at radius 3 is 2.38 bits per heavy atom. The van der Waals surface area contributed by atoms with E-state index in [0.29, 0.717) is 19.7 Å². The van der Waals surface area contributed by atoms with Gasteiger partial charge in [0, 0.05) is 31.5 Å². The lowest BCUT2D eigenvalue weighted by atomic mass is 10.1. The molecule has 1 unspecified atom stereocenters. The lowest BCUT2D eigenvalue weighted by Gasteiger charge is -2.13. The summed E-state index contributed by atoms with van der Waals surface area (Å²) < 4.78 is 8.86. The summed E-state index contributed by atoms with van der Waals surface area (Å²) in [5, 5.41) is 0. The molecule has 1 aromatic carbocycles. The zero-order valence-corrected chi connectivity index (χ0v) is 12.7. The highest BCUT2D eigenvalue weighted by atomic mass is 16.5. The number of hydrogen-bond acceptors (Lipinski definition) is 3. The van der Waals surface area contributed by atoms with E-state index in [-0.39, 0.29) is 11.7 Å². The number of aromatic nitrogens is 2. The maximum absolute atomic E-state index is 12.0. The van der Waals surface area contributed by atoms with Gasteiger partial charge in [-0.15, -0.1) is 0 Å². The Kier molecular flexibility index (Phi) is 5.22. The zero-order valence-electron chi connectivity index (χ0n) is 12.7. The van der Waals surface area contributed by atoms with Gasteiger partial charge in [-0.3, -0.25) is 9.13 Å². The molecule has 1 aromatic heterocycles. The highest BCUT2D eigenvalue weighted by Crippen LogP contribution is 2.17. The summed E-state index contributed by atoms with van der Waals surface area (Å²) in [6, 6.07) is 7.54. The number of benzene rings is 1. The molecule has 1 atom stereocenters. The summed E-state index contributed by atoms with van der Waals surface area (Å²) >= 11 is 0. The maximum atomic E-state index is 12.0. The molecule has 5 heteroatoms. The number of aryl methyl sites for hydroxylation is 1. The molecule has 0 aliphatic heterocycles. The summed E-state index contributed by atoms with van der Waals surface area (Å²) in [5.41, 5.74) is 7.16. The van der Waals surface area contributed by atoms with Gasteiger partial charge in [0.15, 0.2) is 0 Å². The monoisotopic (exact) mass is 289 g/mol. The summed E-state index contributed by atoms with van der Waals surface area (Å²) in [4.78, 5) is 12.0. The van der Waals surface area contributed by atoms with Crippen LogP contribution in [0.5, 0.6) is 5.75 Å². The van der Waals surface area contributed by atoms with Crippen molar-refractivity contribution in [3.05, 3.63) is 52.7 Å². The number of rotatable bonds is 7. The molecular formula is C16H23N3O2. The molecule has 0 bridgehead atoms. The van der Waals surface area contributed by atoms with E-state index in [4.69, 9.17) is 10.5 Å². The van der Waals surface area contributed by atoms with Crippen LogP contribution in [0.15, 0.2) is 41.5 Å². The Bertz CT molecular complexity index is 613. The van der Waals surface area contributed by atoms with Gasteiger partial charge in [-0.1, -0.05) is 19.1 Å². The number of ether oxygens (including phenoxy) is 1. The van der Waals surface area contributed by atoms with Gasteiger partial charge >= 0.3 is 5.69 Å². The fraction of sp³-hybridized carbons (Fsp3) is 0.438. The molecule has 114 valence electrons. The minimum atomic E-state index is -0.212. The molecule has 2 aromatic rings. The number of hydrogen-bond donors (Lipinski definition) is 1. The molecule has 21 heavy (non-hydrogen) atoms. The van der Waals surface area contributed by atoms with Crippen LogP contribution in [0.3, 0.4) is 0 Å². The topological polar surface area (TPSA) is 62.2 Å². The molecular weight excluding hydrogens is 266 g/mol. The summed E-state index contributed by atoms with van der Waals surface area (Å²) in [7, 11) is 0. The maximum Gasteiger partial charge on any atom is 0.328 e. The highest BCUT2D eigenvalue weighted by Gasteiger charge is 2.10. The van der Waals surface area contributed by atoms with Crippen LogP contribution in [0.4, 0.5) is 0 Å². The van der Waals surface area contributed by atoms with Crippen LogP contribution in [0.25, 0.3) is 0 Å². The Hall–Kier alpha value is -2.01. The van der Waals surface area contributed by atoms with Crippen molar-refractivity contribution in [2.75, 3.05) is 6.61 Å². The van der Waals surface area contributed by atoms with Gasteiger partial charge in [-0.25, -0.2) is 4.79 Å². The third kappa shape index (κ3) is 3.76. The average Bonchev–Trinajstić information content (AvgIpc) is 2.86. The van der Waals surface area contributed by atoms with Crippen molar-refractivity contribution in [1.82, 2.24) is 9.13 Å². The summed E-state index contributed by atoms with van der Waals surface area (Å²) in [5.74, 6) is 0.849. The predicted molar refractivity (Wildman–Crippen MR) is 83.5 cm³/mol. The number of nitrogens with zero attached hydrogens (tertiary/aromatic N) is 2. The molecule has 0 radical (unpaired) electrons. The van der Waals surface area contributed by atoms with E-state index in [1.54, 1.807) is 21.5 Å². The predicted octanol–water partition coefficient (Wildman–Crippen LogP) is 2.16. The van der Waals surface area contributed by atoms with Gasteiger partial charge in [0.05, 0.1) is 6.61 Å². The van der Waals surface area contributed by atoms with Crippen molar-refractivity contribution in [2.24, 2.45) is 5.73 Å². The second-order valence-electron chi connectivity index (χ2n) is 5.04. The Morgan fingerprint density at radius 1 is 1.14 bits per heavy atom. The average molecular weight is 289 g/mol. The van der Waals surface area contributed by atoms with Crippen LogP contribution in [0.2, 0.25) is 0 Å². The molecule has 0 fully saturated rings. The molecule has 2 rings (SSSR count). The molecule has 0 saturated carbocycles. The molecule has 2 N–H and O–H groups in total. The second kappa shape index (κ2) is 7.13. The van der Waals surface area contributed by atoms with Crippen LogP contribution in [-0.2, 0) is 13.1 Å². The van der Waals surface area contributed by atoms with Crippen LogP contribution in [0.1, 0.15) is 31.9 Å². The van der Waals surface area contributed by atoms with Crippen molar-refractivity contribution in [3.63, 3.8) is 0 Å².